The number of ether oxygens (including phenoxy) is 3. The van der Waals surface area contributed by atoms with Gasteiger partial charge in [0.25, 0.3) is 0 Å². The minimum Gasteiger partial charge on any atom is -0.462 e. The molecule has 0 amide bonds. The molecule has 0 bridgehead atoms. The van der Waals surface area contributed by atoms with E-state index in [0.717, 1.165) is 128 Å². The molecule has 0 aliphatic heterocycles. The molecule has 77 heavy (non-hydrogen) atoms. The molecule has 1 unspecified atom stereocenters. The molecule has 0 N–H and O–H groups in total. The second-order valence-electron chi connectivity index (χ2n) is 20.9. The average molecular weight is 1070 g/mol. The second-order valence-corrected chi connectivity index (χ2v) is 20.9. The molecule has 0 aliphatic rings. The van der Waals surface area contributed by atoms with Gasteiger partial charge in [-0.2, -0.15) is 0 Å². The smallest absolute Gasteiger partial charge is 0.306 e. The van der Waals surface area contributed by atoms with E-state index < -0.39 is 6.10 Å². The number of unbranched alkanes of at least 4 members (excludes halogenated alkanes) is 26. The van der Waals surface area contributed by atoms with Crippen LogP contribution in [0.1, 0.15) is 290 Å². The Labute approximate surface area is 475 Å². The van der Waals surface area contributed by atoms with Crippen molar-refractivity contribution in [2.24, 2.45) is 0 Å². The van der Waals surface area contributed by atoms with E-state index in [2.05, 4.69) is 142 Å². The number of hydrogen-bond donors (Lipinski definition) is 0. The van der Waals surface area contributed by atoms with E-state index in [1.165, 1.54) is 122 Å². The van der Waals surface area contributed by atoms with Crippen molar-refractivity contribution >= 4 is 17.9 Å². The van der Waals surface area contributed by atoms with E-state index in [1.807, 2.05) is 0 Å². The van der Waals surface area contributed by atoms with Gasteiger partial charge < -0.3 is 14.2 Å². The van der Waals surface area contributed by atoms with E-state index in [4.69, 9.17) is 14.2 Å². The molecule has 6 nitrogen and oxygen atoms in total. The van der Waals surface area contributed by atoms with Crippen LogP contribution >= 0.6 is 0 Å². The topological polar surface area (TPSA) is 78.9 Å². The first-order chi connectivity index (χ1) is 38.0. The van der Waals surface area contributed by atoms with Crippen molar-refractivity contribution in [2.75, 3.05) is 13.2 Å². The van der Waals surface area contributed by atoms with Crippen LogP contribution in [0, 0.1) is 0 Å². The predicted octanol–water partition coefficient (Wildman–Crippen LogP) is 22.0. The van der Waals surface area contributed by atoms with Gasteiger partial charge in [-0.1, -0.05) is 264 Å². The van der Waals surface area contributed by atoms with Gasteiger partial charge >= 0.3 is 17.9 Å². The normalized spacial score (nSPS) is 12.9. The van der Waals surface area contributed by atoms with Crippen LogP contribution in [0.3, 0.4) is 0 Å². The maximum Gasteiger partial charge on any atom is 0.306 e. The lowest BCUT2D eigenvalue weighted by Crippen LogP contribution is -2.30. The summed E-state index contributed by atoms with van der Waals surface area (Å²) in [6.45, 7) is 6.39. The summed E-state index contributed by atoms with van der Waals surface area (Å²) in [5.41, 5.74) is 0. The lowest BCUT2D eigenvalue weighted by Gasteiger charge is -2.18. The zero-order valence-electron chi connectivity index (χ0n) is 50.2. The number of rotatable bonds is 57. The predicted molar refractivity (Wildman–Crippen MR) is 334 cm³/mol. The molecule has 0 aromatic rings. The van der Waals surface area contributed by atoms with E-state index in [-0.39, 0.29) is 31.1 Å². The lowest BCUT2D eigenvalue weighted by molar-refractivity contribution is -0.167. The standard InChI is InChI=1S/C71H118O6/c1-4-7-10-13-16-19-22-25-27-29-31-33-35-37-39-41-43-46-49-52-55-58-61-64-70(73)76-67-68(66-75-69(72)63-60-57-54-51-48-45-24-21-18-15-12-9-6-3)77-71(74)65-62-59-56-53-50-47-44-42-40-38-36-34-32-30-28-26-23-20-17-14-11-8-5-2/h7-8,10-11,16-17,19-21,24-28,31-34,37,39,68H,4-6,9,12-15,18,22-23,29-30,35-36,38,40-67H2,1-3H3/b10-7-,11-8-,19-16-,20-17-,24-21-,27-25-,28-26-,33-31-,34-32-,39-37-. The molecule has 0 aromatic heterocycles. The molecule has 438 valence electrons. The summed E-state index contributed by atoms with van der Waals surface area (Å²) in [7, 11) is 0. The monoisotopic (exact) mass is 1070 g/mol. The van der Waals surface area contributed by atoms with Crippen LogP contribution in [0.2, 0.25) is 0 Å². The molecule has 0 heterocycles. The van der Waals surface area contributed by atoms with Crippen molar-refractivity contribution in [1.82, 2.24) is 0 Å². The zero-order chi connectivity index (χ0) is 55.7. The third kappa shape index (κ3) is 62.5. The third-order valence-corrected chi connectivity index (χ3v) is 13.4. The molecule has 0 fully saturated rings. The highest BCUT2D eigenvalue weighted by Gasteiger charge is 2.19. The second kappa shape index (κ2) is 64.3. The maximum atomic E-state index is 12.9. The van der Waals surface area contributed by atoms with Gasteiger partial charge in [-0.25, -0.2) is 0 Å². The first-order valence-electron chi connectivity index (χ1n) is 32.0. The Bertz CT molecular complexity index is 1600. The van der Waals surface area contributed by atoms with Crippen LogP contribution in [-0.4, -0.2) is 37.2 Å². The fourth-order valence-corrected chi connectivity index (χ4v) is 8.69. The average Bonchev–Trinajstić information content (AvgIpc) is 3.43. The molecule has 1 atom stereocenters. The van der Waals surface area contributed by atoms with Crippen LogP contribution in [0.5, 0.6) is 0 Å². The summed E-state index contributed by atoms with van der Waals surface area (Å²) >= 11 is 0. The highest BCUT2D eigenvalue weighted by Crippen LogP contribution is 2.15. The van der Waals surface area contributed by atoms with Crippen LogP contribution < -0.4 is 0 Å². The largest absolute Gasteiger partial charge is 0.462 e. The summed E-state index contributed by atoms with van der Waals surface area (Å²) in [6.07, 6.45) is 89.1. The van der Waals surface area contributed by atoms with Crippen molar-refractivity contribution in [3.05, 3.63) is 122 Å². The first-order valence-corrected chi connectivity index (χ1v) is 32.0. The number of carbonyl (C=O) groups excluding carboxylic acids is 3. The molecule has 0 spiro atoms. The van der Waals surface area contributed by atoms with Crippen LogP contribution in [-0.2, 0) is 28.6 Å². The quantitative estimate of drug-likeness (QED) is 0.0261. The van der Waals surface area contributed by atoms with Crippen LogP contribution in [0.25, 0.3) is 0 Å². The Morgan fingerprint density at radius 1 is 0.273 bits per heavy atom. The molecule has 0 aromatic carbocycles. The third-order valence-electron chi connectivity index (χ3n) is 13.4. The highest BCUT2D eigenvalue weighted by atomic mass is 16.6. The SMILES string of the molecule is CC/C=C\C/C=C\C/C=C\C/C=C\C/C=C\CCCCCCCCCC(=O)OCC(COC(=O)CCCCCCC/C=C\CCCCCC)OC(=O)CCCCCCCCCCCC/C=C\C/C=C\C/C=C\C/C=C\CC. The summed E-state index contributed by atoms with van der Waals surface area (Å²) in [6, 6.07) is 0. The summed E-state index contributed by atoms with van der Waals surface area (Å²) < 4.78 is 16.9. The van der Waals surface area contributed by atoms with Crippen molar-refractivity contribution in [3.8, 4) is 0 Å². The summed E-state index contributed by atoms with van der Waals surface area (Å²) in [4.78, 5) is 38.3. The summed E-state index contributed by atoms with van der Waals surface area (Å²) in [5, 5.41) is 0. The molecule has 0 saturated carbocycles. The van der Waals surface area contributed by atoms with Gasteiger partial charge in [-0.15, -0.1) is 0 Å². The van der Waals surface area contributed by atoms with E-state index in [0.29, 0.717) is 19.3 Å². The fourth-order valence-electron chi connectivity index (χ4n) is 8.69. The Morgan fingerprint density at radius 2 is 0.506 bits per heavy atom. The maximum absolute atomic E-state index is 12.9. The highest BCUT2D eigenvalue weighted by molar-refractivity contribution is 5.71. The molecular formula is C71H118O6. The molecule has 6 heteroatoms. The lowest BCUT2D eigenvalue weighted by atomic mass is 10.0. The number of allylic oxidation sites excluding steroid dienone is 20. The fraction of sp³-hybridized carbons (Fsp3) is 0.676. The van der Waals surface area contributed by atoms with Crippen molar-refractivity contribution in [1.29, 1.82) is 0 Å². The minimum atomic E-state index is -0.793. The molecular weight excluding hydrogens is 949 g/mol. The van der Waals surface area contributed by atoms with Crippen molar-refractivity contribution in [2.45, 2.75) is 297 Å². The van der Waals surface area contributed by atoms with Crippen molar-refractivity contribution in [3.63, 3.8) is 0 Å². The summed E-state index contributed by atoms with van der Waals surface area (Å²) in [5.74, 6) is -0.908. The molecule has 0 radical (unpaired) electrons. The van der Waals surface area contributed by atoms with Gasteiger partial charge in [0.05, 0.1) is 0 Å². The van der Waals surface area contributed by atoms with Gasteiger partial charge in [0.1, 0.15) is 13.2 Å². The van der Waals surface area contributed by atoms with Gasteiger partial charge in [0.15, 0.2) is 6.10 Å². The number of hydrogen-bond acceptors (Lipinski definition) is 6. The van der Waals surface area contributed by atoms with E-state index >= 15 is 0 Å². The van der Waals surface area contributed by atoms with Gasteiger partial charge in [0, 0.05) is 19.3 Å². The minimum absolute atomic E-state index is 0.0891. The number of carbonyl (C=O) groups is 3. The van der Waals surface area contributed by atoms with E-state index in [9.17, 15) is 14.4 Å². The number of esters is 3. The first kappa shape index (κ1) is 72.8. The van der Waals surface area contributed by atoms with Gasteiger partial charge in [-0.05, 0) is 128 Å². The zero-order valence-corrected chi connectivity index (χ0v) is 50.2. The molecule has 0 saturated heterocycles. The Kier molecular flexibility index (Phi) is 60.8. The van der Waals surface area contributed by atoms with Crippen LogP contribution in [0.4, 0.5) is 0 Å². The van der Waals surface area contributed by atoms with E-state index in [1.54, 1.807) is 0 Å². The molecule has 0 rings (SSSR count). The molecule has 0 aliphatic carbocycles. The van der Waals surface area contributed by atoms with Gasteiger partial charge in [-0.3, -0.25) is 14.4 Å². The van der Waals surface area contributed by atoms with Gasteiger partial charge in [0.2, 0.25) is 0 Å². The van der Waals surface area contributed by atoms with Crippen molar-refractivity contribution < 1.29 is 28.6 Å². The van der Waals surface area contributed by atoms with Crippen LogP contribution in [0.15, 0.2) is 122 Å². The Balaban J connectivity index is 4.38. The Morgan fingerprint density at radius 3 is 0.805 bits per heavy atom. The Hall–Kier alpha value is -4.19.